The van der Waals surface area contributed by atoms with E-state index >= 15 is 0 Å². The van der Waals surface area contributed by atoms with Crippen molar-refractivity contribution in [2.45, 2.75) is 99.0 Å². The van der Waals surface area contributed by atoms with Crippen molar-refractivity contribution in [2.75, 3.05) is 19.8 Å². The number of ether oxygens (including phenoxy) is 5. The van der Waals surface area contributed by atoms with Crippen molar-refractivity contribution in [2.24, 2.45) is 0 Å². The molecule has 0 aliphatic carbocycles. The molecule has 0 saturated carbocycles. The Hall–Kier alpha value is -1.22. The van der Waals surface area contributed by atoms with E-state index in [9.17, 15) is 59.2 Å². The number of nitrogens with one attached hydrogen (secondary N) is 1. The Labute approximate surface area is 232 Å². The summed E-state index contributed by atoms with van der Waals surface area (Å²) in [7, 11) is -5.24. The number of carbonyl (C=O) groups is 1. The minimum Gasteiger partial charge on any atom is -0.394 e. The molecule has 0 radical (unpaired) electrons. The minimum absolute atomic E-state index is 0.757. The lowest BCUT2D eigenvalue weighted by molar-refractivity contribution is -0.364. The van der Waals surface area contributed by atoms with E-state index in [1.165, 1.54) is 0 Å². The number of hydrogen-bond donors (Lipinski definition) is 11. The van der Waals surface area contributed by atoms with Crippen molar-refractivity contribution < 1.29 is 91.6 Å². The van der Waals surface area contributed by atoms with Crippen molar-refractivity contribution in [1.29, 1.82) is 0 Å². The van der Waals surface area contributed by atoms with Gasteiger partial charge in [-0.1, -0.05) is 0 Å². The Kier molecular flexibility index (Phi) is 11.7. The van der Waals surface area contributed by atoms with Crippen molar-refractivity contribution in [1.82, 2.24) is 5.32 Å². The van der Waals surface area contributed by atoms with E-state index in [0.29, 0.717) is 0 Å². The fourth-order valence-corrected chi connectivity index (χ4v) is 5.21. The average Bonchev–Trinajstić information content (AvgIpc) is 2.90. The molecule has 3 aliphatic rings. The van der Waals surface area contributed by atoms with Gasteiger partial charge in [0, 0.05) is 6.92 Å². The van der Waals surface area contributed by atoms with E-state index in [4.69, 9.17) is 28.2 Å². The molecule has 3 fully saturated rings. The lowest BCUT2D eigenvalue weighted by atomic mass is 9.94. The first-order valence-corrected chi connectivity index (χ1v) is 13.6. The van der Waals surface area contributed by atoms with Crippen LogP contribution in [0.5, 0.6) is 0 Å². The van der Waals surface area contributed by atoms with Crippen molar-refractivity contribution in [3.05, 3.63) is 0 Å². The number of hydrogen-bond acceptors (Lipinski definition) is 18. The first-order valence-electron chi connectivity index (χ1n) is 12.2. The standard InChI is InChI=1S/C20H35NO19S/c1-5(25)21-9-12(28)15(38-20-14(30)17(40-41(32,33)34)11(27)7(3-23)36-20)8(4-24)37-19(9)39-16-10(26)6(2-22)35-18(31)13(16)29/h6-20,22-24,26-31H,2-4H2,1H3,(H,21,25)(H,32,33,34)/t6-,7-,8-,9-,10+,11+,12-,13-,14-,15-,16+,17+,18?,19+,20+/m1/s1. The number of amides is 1. The van der Waals surface area contributed by atoms with Gasteiger partial charge in [-0.25, -0.2) is 4.18 Å². The zero-order valence-corrected chi connectivity index (χ0v) is 22.2. The molecule has 0 aromatic rings. The van der Waals surface area contributed by atoms with Crippen LogP contribution in [-0.4, -0.2) is 177 Å². The van der Waals surface area contributed by atoms with E-state index < -0.39 is 128 Å². The molecular weight excluding hydrogens is 590 g/mol. The summed E-state index contributed by atoms with van der Waals surface area (Å²) in [6.07, 6.45) is -25.6. The lowest BCUT2D eigenvalue weighted by Crippen LogP contribution is -2.69. The Bertz CT molecular complexity index is 972. The summed E-state index contributed by atoms with van der Waals surface area (Å²) in [5.41, 5.74) is 0. The smallest absolute Gasteiger partial charge is 0.394 e. The third-order valence-corrected chi connectivity index (χ3v) is 7.17. The van der Waals surface area contributed by atoms with Gasteiger partial charge in [0.2, 0.25) is 5.91 Å². The van der Waals surface area contributed by atoms with Crippen LogP contribution >= 0.6 is 0 Å². The van der Waals surface area contributed by atoms with Gasteiger partial charge in [-0.15, -0.1) is 0 Å². The molecule has 0 bridgehead atoms. The highest BCUT2D eigenvalue weighted by Crippen LogP contribution is 2.33. The number of aliphatic hydroxyl groups is 9. The van der Waals surface area contributed by atoms with Crippen LogP contribution in [0.15, 0.2) is 0 Å². The summed E-state index contributed by atoms with van der Waals surface area (Å²) >= 11 is 0. The van der Waals surface area contributed by atoms with Crippen LogP contribution in [0.4, 0.5) is 0 Å². The molecule has 1 amide bonds. The van der Waals surface area contributed by atoms with Gasteiger partial charge in [0.25, 0.3) is 0 Å². The maximum absolute atomic E-state index is 11.9. The molecule has 41 heavy (non-hydrogen) atoms. The molecule has 3 rings (SSSR count). The summed E-state index contributed by atoms with van der Waals surface area (Å²) < 4.78 is 62.7. The highest BCUT2D eigenvalue weighted by atomic mass is 32.3. The molecule has 0 aromatic carbocycles. The Balaban J connectivity index is 1.86. The molecule has 3 aliphatic heterocycles. The molecule has 3 saturated heterocycles. The second-order valence-electron chi connectivity index (χ2n) is 9.57. The summed E-state index contributed by atoms with van der Waals surface area (Å²) in [4.78, 5) is 11.9. The van der Waals surface area contributed by atoms with Crippen LogP contribution in [0.1, 0.15) is 6.92 Å². The maximum Gasteiger partial charge on any atom is 0.397 e. The monoisotopic (exact) mass is 625 g/mol. The molecule has 11 N–H and O–H groups in total. The Morgan fingerprint density at radius 1 is 0.707 bits per heavy atom. The van der Waals surface area contributed by atoms with Gasteiger partial charge in [-0.05, 0) is 0 Å². The number of rotatable bonds is 10. The zero-order chi connectivity index (χ0) is 30.8. The molecule has 0 spiro atoms. The van der Waals surface area contributed by atoms with Crippen LogP contribution in [0.25, 0.3) is 0 Å². The van der Waals surface area contributed by atoms with Crippen molar-refractivity contribution in [3.63, 3.8) is 0 Å². The molecule has 0 aromatic heterocycles. The van der Waals surface area contributed by atoms with Crippen LogP contribution in [0.3, 0.4) is 0 Å². The SMILES string of the molecule is CC(=O)N[C@H]1[C@H](O[C@H]2[C@@H](O)[C@@H](CO)OC(O)[C@@H]2O)O[C@H](CO)[C@@H](O[C@@H]2O[C@H](CO)[C@H](O)[C@H](OS(=O)(=O)O)[C@H]2O)[C@@H]1O. The fourth-order valence-electron chi connectivity index (χ4n) is 4.70. The van der Waals surface area contributed by atoms with E-state index in [1.54, 1.807) is 0 Å². The Morgan fingerprint density at radius 3 is 1.76 bits per heavy atom. The lowest BCUT2D eigenvalue weighted by Gasteiger charge is -2.49. The van der Waals surface area contributed by atoms with Crippen LogP contribution < -0.4 is 5.32 Å². The predicted molar refractivity (Wildman–Crippen MR) is 123 cm³/mol. The summed E-state index contributed by atoms with van der Waals surface area (Å²) in [6.45, 7) is -1.64. The van der Waals surface area contributed by atoms with Gasteiger partial charge in [0.05, 0.1) is 19.8 Å². The van der Waals surface area contributed by atoms with E-state index in [-0.39, 0.29) is 0 Å². The van der Waals surface area contributed by atoms with Crippen LogP contribution in [0, 0.1) is 0 Å². The largest absolute Gasteiger partial charge is 0.397 e. The number of aliphatic hydroxyl groups excluding tert-OH is 9. The first kappa shape index (κ1) is 34.3. The van der Waals surface area contributed by atoms with Gasteiger partial charge in [0.15, 0.2) is 18.9 Å². The van der Waals surface area contributed by atoms with E-state index in [0.717, 1.165) is 6.92 Å². The van der Waals surface area contributed by atoms with E-state index in [1.807, 2.05) is 0 Å². The predicted octanol–water partition coefficient (Wildman–Crippen LogP) is -7.60. The van der Waals surface area contributed by atoms with Gasteiger partial charge < -0.3 is 75.0 Å². The molecule has 240 valence electrons. The second kappa shape index (κ2) is 14.0. The second-order valence-corrected chi connectivity index (χ2v) is 10.6. The Morgan fingerprint density at radius 2 is 1.22 bits per heavy atom. The molecule has 3 heterocycles. The maximum atomic E-state index is 11.9. The average molecular weight is 626 g/mol. The number of carbonyl (C=O) groups excluding carboxylic acids is 1. The quantitative estimate of drug-likeness (QED) is 0.100. The summed E-state index contributed by atoms with van der Waals surface area (Å²) in [5.74, 6) is -0.757. The topological polar surface area (TPSA) is 321 Å². The van der Waals surface area contributed by atoms with Crippen molar-refractivity contribution in [3.8, 4) is 0 Å². The summed E-state index contributed by atoms with van der Waals surface area (Å²) in [5, 5.41) is 93.8. The minimum atomic E-state index is -5.24. The highest BCUT2D eigenvalue weighted by molar-refractivity contribution is 7.80. The fraction of sp³-hybridized carbons (Fsp3) is 0.950. The molecule has 21 heteroatoms. The van der Waals surface area contributed by atoms with Gasteiger partial charge in [-0.2, -0.15) is 8.42 Å². The zero-order valence-electron chi connectivity index (χ0n) is 21.3. The first-order chi connectivity index (χ1) is 19.1. The molecule has 1 unspecified atom stereocenters. The normalized spacial score (nSPS) is 45.8. The molecule has 20 nitrogen and oxygen atoms in total. The van der Waals surface area contributed by atoms with E-state index in [2.05, 4.69) is 9.50 Å². The van der Waals surface area contributed by atoms with Gasteiger partial charge in [-0.3, -0.25) is 9.35 Å². The highest BCUT2D eigenvalue weighted by Gasteiger charge is 2.54. The summed E-state index contributed by atoms with van der Waals surface area (Å²) in [6, 6.07) is -1.60. The van der Waals surface area contributed by atoms with Crippen molar-refractivity contribution >= 4 is 16.3 Å². The molecule has 15 atom stereocenters. The molecular formula is C20H35NO19S. The van der Waals surface area contributed by atoms with Gasteiger partial charge in [0.1, 0.15) is 73.2 Å². The van der Waals surface area contributed by atoms with Crippen LogP contribution in [-0.2, 0) is 43.1 Å². The van der Waals surface area contributed by atoms with Crippen LogP contribution in [0.2, 0.25) is 0 Å². The third kappa shape index (κ3) is 7.84. The van der Waals surface area contributed by atoms with Gasteiger partial charge >= 0.3 is 10.4 Å². The third-order valence-electron chi connectivity index (χ3n) is 6.70.